The molecule has 0 aliphatic heterocycles. The van der Waals surface area contributed by atoms with Crippen LogP contribution in [0.15, 0.2) is 22.7 Å². The van der Waals surface area contributed by atoms with Gasteiger partial charge in [0.15, 0.2) is 0 Å². The summed E-state index contributed by atoms with van der Waals surface area (Å²) in [5, 5.41) is 6.92. The van der Waals surface area contributed by atoms with E-state index in [0.717, 1.165) is 16.5 Å². The number of benzene rings is 1. The van der Waals surface area contributed by atoms with Gasteiger partial charge in [0.1, 0.15) is 5.60 Å². The third-order valence-electron chi connectivity index (χ3n) is 2.93. The Morgan fingerprint density at radius 2 is 2.09 bits per heavy atom. The van der Waals surface area contributed by atoms with E-state index in [1.54, 1.807) is 0 Å². The smallest absolute Gasteiger partial charge is 0.407 e. The van der Waals surface area contributed by atoms with E-state index in [0.29, 0.717) is 18.1 Å². The molecule has 1 aromatic rings. The van der Waals surface area contributed by atoms with Crippen LogP contribution in [0.5, 0.6) is 0 Å². The molecule has 0 radical (unpaired) electrons. The Morgan fingerprint density at radius 3 is 2.64 bits per heavy atom. The molecule has 1 amide bonds. The van der Waals surface area contributed by atoms with Crippen LogP contribution >= 0.6 is 27.5 Å². The zero-order valence-electron chi connectivity index (χ0n) is 13.5. The molecule has 1 rings (SSSR count). The number of rotatable bonds is 6. The Balaban J connectivity index is 2.42. The predicted octanol–water partition coefficient (Wildman–Crippen LogP) is 4.50. The highest BCUT2D eigenvalue weighted by Gasteiger charge is 2.18. The number of hydrogen-bond donors (Lipinski definition) is 2. The molecule has 0 bridgehead atoms. The van der Waals surface area contributed by atoms with Crippen LogP contribution in [0.3, 0.4) is 0 Å². The average molecular weight is 392 g/mol. The zero-order valence-corrected chi connectivity index (χ0v) is 15.8. The largest absolute Gasteiger partial charge is 0.444 e. The number of amides is 1. The van der Waals surface area contributed by atoms with Crippen molar-refractivity contribution in [3.8, 4) is 0 Å². The number of carbonyl (C=O) groups excluding carboxylic acids is 1. The summed E-state index contributed by atoms with van der Waals surface area (Å²) >= 11 is 9.41. The van der Waals surface area contributed by atoms with Crippen LogP contribution in [0.1, 0.15) is 39.7 Å². The second kappa shape index (κ2) is 8.75. The summed E-state index contributed by atoms with van der Waals surface area (Å²) in [6.07, 6.45) is 0.447. The van der Waals surface area contributed by atoms with Crippen molar-refractivity contribution in [1.82, 2.24) is 10.6 Å². The molecule has 1 unspecified atom stereocenters. The fourth-order valence-electron chi connectivity index (χ4n) is 1.82. The molecule has 1 aromatic carbocycles. The lowest BCUT2D eigenvalue weighted by Gasteiger charge is -2.23. The standard InChI is InChI=1S/C16H24BrClN2O2/c1-5-13(20-15(21)22-16(2,3)4)10-19-9-11-6-7-12(18)8-14(11)17/h6-8,13,19H,5,9-10H2,1-4H3,(H,20,21). The van der Waals surface area contributed by atoms with Crippen LogP contribution in [0.2, 0.25) is 5.02 Å². The maximum Gasteiger partial charge on any atom is 0.407 e. The normalized spacial score (nSPS) is 12.8. The van der Waals surface area contributed by atoms with Gasteiger partial charge in [-0.05, 0) is 44.9 Å². The minimum atomic E-state index is -0.482. The summed E-state index contributed by atoms with van der Waals surface area (Å²) in [4.78, 5) is 11.8. The van der Waals surface area contributed by atoms with Crippen molar-refractivity contribution in [3.63, 3.8) is 0 Å². The zero-order chi connectivity index (χ0) is 16.8. The quantitative estimate of drug-likeness (QED) is 0.751. The molecular formula is C16H24BrClN2O2. The Morgan fingerprint density at radius 1 is 1.41 bits per heavy atom. The first-order chi connectivity index (χ1) is 10.2. The molecular weight excluding hydrogens is 368 g/mol. The van der Waals surface area contributed by atoms with E-state index in [2.05, 4.69) is 26.6 Å². The molecule has 0 fully saturated rings. The predicted molar refractivity (Wildman–Crippen MR) is 94.3 cm³/mol. The molecule has 0 heterocycles. The van der Waals surface area contributed by atoms with Crippen molar-refractivity contribution in [2.45, 2.75) is 52.3 Å². The minimum absolute atomic E-state index is 0.0286. The van der Waals surface area contributed by atoms with E-state index in [-0.39, 0.29) is 12.1 Å². The average Bonchev–Trinajstić information content (AvgIpc) is 2.37. The number of hydrogen-bond acceptors (Lipinski definition) is 3. The van der Waals surface area contributed by atoms with Gasteiger partial charge < -0.3 is 15.4 Å². The summed E-state index contributed by atoms with van der Waals surface area (Å²) in [5.74, 6) is 0. The van der Waals surface area contributed by atoms with E-state index in [1.807, 2.05) is 45.9 Å². The van der Waals surface area contributed by atoms with Gasteiger partial charge in [0, 0.05) is 28.6 Å². The van der Waals surface area contributed by atoms with E-state index >= 15 is 0 Å². The lowest BCUT2D eigenvalue weighted by molar-refractivity contribution is 0.0502. The Hall–Kier alpha value is -0.780. The van der Waals surface area contributed by atoms with E-state index in [9.17, 15) is 4.79 Å². The highest BCUT2D eigenvalue weighted by Crippen LogP contribution is 2.21. The Kier molecular flexibility index (Phi) is 7.66. The van der Waals surface area contributed by atoms with Crippen molar-refractivity contribution < 1.29 is 9.53 Å². The van der Waals surface area contributed by atoms with E-state index < -0.39 is 5.60 Å². The van der Waals surface area contributed by atoms with Crippen LogP contribution in [0, 0.1) is 0 Å². The van der Waals surface area contributed by atoms with Gasteiger partial charge in [-0.2, -0.15) is 0 Å². The van der Waals surface area contributed by atoms with E-state index in [1.165, 1.54) is 0 Å². The molecule has 0 saturated carbocycles. The molecule has 0 saturated heterocycles. The first kappa shape index (κ1) is 19.3. The van der Waals surface area contributed by atoms with Gasteiger partial charge in [0.25, 0.3) is 0 Å². The molecule has 6 heteroatoms. The molecule has 124 valence electrons. The first-order valence-corrected chi connectivity index (χ1v) is 8.52. The van der Waals surface area contributed by atoms with Gasteiger partial charge >= 0.3 is 6.09 Å². The van der Waals surface area contributed by atoms with Gasteiger partial charge in [-0.3, -0.25) is 0 Å². The topological polar surface area (TPSA) is 50.4 Å². The van der Waals surface area contributed by atoms with Crippen molar-refractivity contribution >= 4 is 33.6 Å². The van der Waals surface area contributed by atoms with Gasteiger partial charge in [0.2, 0.25) is 0 Å². The molecule has 0 aliphatic rings. The van der Waals surface area contributed by atoms with Crippen LogP contribution in [-0.4, -0.2) is 24.3 Å². The van der Waals surface area contributed by atoms with Crippen LogP contribution in [-0.2, 0) is 11.3 Å². The lowest BCUT2D eigenvalue weighted by atomic mass is 10.2. The van der Waals surface area contributed by atoms with Crippen LogP contribution in [0.25, 0.3) is 0 Å². The van der Waals surface area contributed by atoms with Crippen LogP contribution in [0.4, 0.5) is 4.79 Å². The minimum Gasteiger partial charge on any atom is -0.444 e. The summed E-state index contributed by atoms with van der Waals surface area (Å²) in [5.41, 5.74) is 0.640. The second-order valence-electron chi connectivity index (χ2n) is 6.12. The molecule has 1 atom stereocenters. The number of carbonyl (C=O) groups is 1. The Labute approximate surface area is 146 Å². The third-order valence-corrected chi connectivity index (χ3v) is 3.91. The first-order valence-electron chi connectivity index (χ1n) is 7.35. The van der Waals surface area contributed by atoms with Crippen molar-refractivity contribution in [2.75, 3.05) is 6.54 Å². The molecule has 22 heavy (non-hydrogen) atoms. The summed E-state index contributed by atoms with van der Waals surface area (Å²) in [7, 11) is 0. The number of halogens is 2. The van der Waals surface area contributed by atoms with Gasteiger partial charge in [-0.1, -0.05) is 40.5 Å². The molecule has 0 aromatic heterocycles. The van der Waals surface area contributed by atoms with Gasteiger partial charge in [-0.15, -0.1) is 0 Å². The highest BCUT2D eigenvalue weighted by atomic mass is 79.9. The fraction of sp³-hybridized carbons (Fsp3) is 0.562. The molecule has 2 N–H and O–H groups in total. The third kappa shape index (κ3) is 7.47. The monoisotopic (exact) mass is 390 g/mol. The van der Waals surface area contributed by atoms with E-state index in [4.69, 9.17) is 16.3 Å². The second-order valence-corrected chi connectivity index (χ2v) is 7.41. The summed E-state index contributed by atoms with van der Waals surface area (Å²) in [6, 6.07) is 5.73. The number of nitrogens with one attached hydrogen (secondary N) is 2. The maximum absolute atomic E-state index is 11.8. The van der Waals surface area contributed by atoms with Gasteiger partial charge in [0.05, 0.1) is 0 Å². The lowest BCUT2D eigenvalue weighted by Crippen LogP contribution is -2.43. The fourth-order valence-corrected chi connectivity index (χ4v) is 2.64. The van der Waals surface area contributed by atoms with Crippen LogP contribution < -0.4 is 10.6 Å². The summed E-state index contributed by atoms with van der Waals surface area (Å²) in [6.45, 7) is 8.95. The van der Waals surface area contributed by atoms with Crippen molar-refractivity contribution in [3.05, 3.63) is 33.3 Å². The Bertz CT molecular complexity index is 503. The molecule has 0 spiro atoms. The number of ether oxygens (including phenoxy) is 1. The van der Waals surface area contributed by atoms with Crippen molar-refractivity contribution in [1.29, 1.82) is 0 Å². The van der Waals surface area contributed by atoms with Gasteiger partial charge in [-0.25, -0.2) is 4.79 Å². The number of alkyl carbamates (subject to hydrolysis) is 1. The highest BCUT2D eigenvalue weighted by molar-refractivity contribution is 9.10. The summed E-state index contributed by atoms with van der Waals surface area (Å²) < 4.78 is 6.24. The maximum atomic E-state index is 11.8. The van der Waals surface area contributed by atoms with Crippen molar-refractivity contribution in [2.24, 2.45) is 0 Å². The molecule has 0 aliphatic carbocycles. The molecule has 4 nitrogen and oxygen atoms in total. The SMILES string of the molecule is CCC(CNCc1ccc(Cl)cc1Br)NC(=O)OC(C)(C)C.